The number of aliphatic hydroxyl groups is 3. The molecule has 4 bridgehead atoms. The van der Waals surface area contributed by atoms with Crippen LogP contribution in [0.4, 0.5) is 0 Å². The first-order chi connectivity index (χ1) is 27.5. The molecule has 2 aromatic rings. The van der Waals surface area contributed by atoms with Crippen LogP contribution in [0.5, 0.6) is 0 Å². The van der Waals surface area contributed by atoms with E-state index in [0.717, 1.165) is 60.3 Å². The van der Waals surface area contributed by atoms with Gasteiger partial charge in [-0.15, -0.1) is 0 Å². The first-order valence-corrected chi connectivity index (χ1v) is 18.5. The molecule has 59 heavy (non-hydrogen) atoms. The predicted molar refractivity (Wildman–Crippen MR) is 189 cm³/mol. The fourth-order valence-electron chi connectivity index (χ4n) is 9.39. The lowest BCUT2D eigenvalue weighted by Crippen LogP contribution is -2.89. The number of nitrogens with zero attached hydrogens (tertiary/aromatic N) is 1. The molecule has 320 valence electrons. The zero-order valence-electron chi connectivity index (χ0n) is 33.3. The summed E-state index contributed by atoms with van der Waals surface area (Å²) < 4.78 is 53.2. The first kappa shape index (κ1) is 43.1. The average Bonchev–Trinajstić information content (AvgIpc) is 3.76. The van der Waals surface area contributed by atoms with E-state index in [1.807, 2.05) is 0 Å². The number of aromatic nitrogens is 1. The first-order valence-electron chi connectivity index (χ1n) is 18.5. The number of cyclic esters (lactones) is 1. The van der Waals surface area contributed by atoms with Crippen molar-refractivity contribution in [3.8, 4) is 0 Å². The normalized spacial score (nSPS) is 38.7. The van der Waals surface area contributed by atoms with Gasteiger partial charge in [-0.05, 0) is 38.5 Å². The van der Waals surface area contributed by atoms with E-state index in [1.54, 1.807) is 0 Å². The molecule has 2 aromatic heterocycles. The van der Waals surface area contributed by atoms with E-state index in [9.17, 15) is 48.9 Å². The van der Waals surface area contributed by atoms with Gasteiger partial charge in [0.25, 0.3) is 0 Å². The van der Waals surface area contributed by atoms with Crippen LogP contribution in [0, 0.1) is 11.3 Å². The van der Waals surface area contributed by atoms with Gasteiger partial charge >= 0.3 is 41.8 Å². The highest BCUT2D eigenvalue weighted by Crippen LogP contribution is 2.70. The number of aliphatic hydroxyl groups excluding tert-OH is 1. The molecule has 3 N–H and O–H groups in total. The molecular weight excluding hydrogens is 786 g/mol. The molecule has 12 unspecified atom stereocenters. The van der Waals surface area contributed by atoms with Gasteiger partial charge in [0.1, 0.15) is 60.5 Å². The Labute approximate surface area is 336 Å². The summed E-state index contributed by atoms with van der Waals surface area (Å²) in [7, 11) is 0. The molecule has 2 aliphatic carbocycles. The lowest BCUT2D eigenvalue weighted by atomic mass is 9.45. The van der Waals surface area contributed by atoms with Gasteiger partial charge < -0.3 is 57.6 Å². The third-order valence-electron chi connectivity index (χ3n) is 12.0. The molecule has 20 nitrogen and oxygen atoms in total. The summed E-state index contributed by atoms with van der Waals surface area (Å²) in [6.07, 6.45) is -8.35. The number of hydrogen-bond donors (Lipinski definition) is 3. The van der Waals surface area contributed by atoms with E-state index in [2.05, 4.69) is 4.98 Å². The summed E-state index contributed by atoms with van der Waals surface area (Å²) in [4.78, 5) is 98.8. The van der Waals surface area contributed by atoms with Gasteiger partial charge in [-0.1, -0.05) is 6.92 Å². The Hall–Kier alpha value is -5.44. The summed E-state index contributed by atoms with van der Waals surface area (Å²) in [5.41, 5.74) is -13.5. The third kappa shape index (κ3) is 6.61. The van der Waals surface area contributed by atoms with Crippen molar-refractivity contribution >= 4 is 41.8 Å². The Morgan fingerprint density at radius 2 is 1.51 bits per heavy atom. The van der Waals surface area contributed by atoms with Gasteiger partial charge in [-0.2, -0.15) is 0 Å². The van der Waals surface area contributed by atoms with Crippen LogP contribution in [-0.2, 0) is 61.9 Å². The van der Waals surface area contributed by atoms with Crippen LogP contribution in [0.2, 0.25) is 0 Å². The van der Waals surface area contributed by atoms with Gasteiger partial charge in [0.2, 0.25) is 0 Å². The van der Waals surface area contributed by atoms with Crippen molar-refractivity contribution in [3.63, 3.8) is 0 Å². The molecule has 0 radical (unpaired) electrons. The van der Waals surface area contributed by atoms with Crippen molar-refractivity contribution < 1.29 is 91.2 Å². The van der Waals surface area contributed by atoms with Crippen molar-refractivity contribution in [2.45, 2.75) is 120 Å². The van der Waals surface area contributed by atoms with Crippen molar-refractivity contribution in [2.75, 3.05) is 13.2 Å². The second-order valence-electron chi connectivity index (χ2n) is 15.8. The van der Waals surface area contributed by atoms with Crippen molar-refractivity contribution in [1.82, 2.24) is 4.98 Å². The quantitative estimate of drug-likeness (QED) is 0.252. The smallest absolute Gasteiger partial charge is 0.341 e. The molecule has 0 amide bonds. The number of rotatable bonds is 7. The molecule has 13 atom stereocenters. The maximum Gasteiger partial charge on any atom is 0.341 e. The topological polar surface area (TPSA) is 280 Å². The maximum atomic E-state index is 14.3. The standard InChI is InChI=1S/C39H45NO19/c1-17-23-9-11-40-13-24(23)33(47)53-15-35(6)25-27(57-32(46)22-10-12-51-14-22)31(56-21(5)44)38(16-52-18(2)41)30(55-20(4)43)26(45)29(58-34(48)36(17,7)49)37(8,50)39(38,59-35)28(25)54-19(3)42/h9-14,17,25-31,45,49-50H,15-16H2,1-8H3/t17?,25?,26?,27?,28?,29?,30?,31?,35?,36?,37-,38?,39?/m0/s1. The van der Waals surface area contributed by atoms with Crippen molar-refractivity contribution in [2.24, 2.45) is 11.3 Å². The minimum Gasteiger partial charge on any atom is -0.472 e. The maximum absolute atomic E-state index is 14.3. The molecule has 3 fully saturated rings. The summed E-state index contributed by atoms with van der Waals surface area (Å²) in [5, 5.41) is 37.5. The predicted octanol–water partition coefficient (Wildman–Crippen LogP) is 0.465. The molecule has 1 spiro atoms. The number of furan rings is 1. The molecule has 4 heterocycles. The number of ether oxygens (including phenoxy) is 8. The third-order valence-corrected chi connectivity index (χ3v) is 12.0. The van der Waals surface area contributed by atoms with E-state index in [0.29, 0.717) is 0 Å². The average molecular weight is 832 g/mol. The summed E-state index contributed by atoms with van der Waals surface area (Å²) in [6, 6.07) is 2.58. The van der Waals surface area contributed by atoms with Crippen LogP contribution in [0.15, 0.2) is 41.5 Å². The molecule has 0 aromatic carbocycles. The molecule has 4 aliphatic rings. The summed E-state index contributed by atoms with van der Waals surface area (Å²) in [6.45, 7) is 6.66. The fourth-order valence-corrected chi connectivity index (χ4v) is 9.39. The van der Waals surface area contributed by atoms with Crippen LogP contribution in [0.3, 0.4) is 0 Å². The molecule has 1 saturated heterocycles. The number of carbonyl (C=O) groups is 7. The van der Waals surface area contributed by atoms with Gasteiger partial charge in [-0.3, -0.25) is 24.2 Å². The minimum atomic E-state index is -2.94. The highest BCUT2D eigenvalue weighted by atomic mass is 16.7. The van der Waals surface area contributed by atoms with E-state index < -0.39 is 131 Å². The monoisotopic (exact) mass is 831 g/mol. The molecule has 6 rings (SSSR count). The lowest BCUT2D eigenvalue weighted by molar-refractivity contribution is -0.387. The summed E-state index contributed by atoms with van der Waals surface area (Å²) in [5.74, 6) is -10.9. The SMILES string of the molecule is CC(=O)OCC12C(OC(C)=O)C(O)C3OC(=O)C(C)(O)C(C)c4ccncc4C(=O)OCC4(C)OC1(C(OC(C)=O)C4C(OC(=O)c1ccoc1)C2OC(C)=O)[C@@]3(C)O. The Balaban J connectivity index is 1.76. The van der Waals surface area contributed by atoms with Gasteiger partial charge in [0.15, 0.2) is 23.4 Å². The van der Waals surface area contributed by atoms with Crippen LogP contribution in [0.25, 0.3) is 0 Å². The lowest BCUT2D eigenvalue weighted by Gasteiger charge is -2.67. The van der Waals surface area contributed by atoms with E-state index >= 15 is 0 Å². The molecule has 20 heteroatoms. The van der Waals surface area contributed by atoms with E-state index in [-0.39, 0.29) is 16.7 Å². The Morgan fingerprint density at radius 1 is 0.881 bits per heavy atom. The molecule has 2 saturated carbocycles. The Kier molecular flexibility index (Phi) is 11.0. The Morgan fingerprint density at radius 3 is 2.10 bits per heavy atom. The van der Waals surface area contributed by atoms with Gasteiger partial charge in [0, 0.05) is 46.0 Å². The zero-order chi connectivity index (χ0) is 43.6. The van der Waals surface area contributed by atoms with Crippen molar-refractivity contribution in [3.05, 3.63) is 53.7 Å². The number of pyridine rings is 1. The number of carbonyl (C=O) groups excluding carboxylic acids is 7. The molecular formula is C39H45NO19. The highest BCUT2D eigenvalue weighted by molar-refractivity contribution is 5.92. The van der Waals surface area contributed by atoms with Crippen LogP contribution in [-0.4, -0.2) is 134 Å². The van der Waals surface area contributed by atoms with E-state index in [1.165, 1.54) is 32.2 Å². The Bertz CT molecular complexity index is 2050. The van der Waals surface area contributed by atoms with Gasteiger partial charge in [0.05, 0.1) is 23.3 Å². The largest absolute Gasteiger partial charge is 0.472 e. The second kappa shape index (κ2) is 15.0. The minimum absolute atomic E-state index is 0.0606. The fraction of sp³-hybridized carbons (Fsp3) is 0.590. The number of esters is 7. The second-order valence-corrected chi connectivity index (χ2v) is 15.8. The number of hydrogen-bond acceptors (Lipinski definition) is 20. The number of fused-ring (bicyclic) bond motifs is 5. The van der Waals surface area contributed by atoms with Crippen LogP contribution in [0.1, 0.15) is 87.6 Å². The van der Waals surface area contributed by atoms with Crippen molar-refractivity contribution in [1.29, 1.82) is 0 Å². The van der Waals surface area contributed by atoms with E-state index in [4.69, 9.17) is 42.3 Å². The summed E-state index contributed by atoms with van der Waals surface area (Å²) >= 11 is 0. The van der Waals surface area contributed by atoms with Gasteiger partial charge in [-0.25, -0.2) is 14.4 Å². The van der Waals surface area contributed by atoms with Crippen LogP contribution < -0.4 is 0 Å². The van der Waals surface area contributed by atoms with Crippen LogP contribution >= 0.6 is 0 Å². The highest BCUT2D eigenvalue weighted by Gasteiger charge is 2.91. The zero-order valence-corrected chi connectivity index (χ0v) is 33.3. The molecule has 2 aliphatic heterocycles.